The van der Waals surface area contributed by atoms with Gasteiger partial charge >= 0.3 is 31.7 Å². The summed E-state index contributed by atoms with van der Waals surface area (Å²) in [5.41, 5.74) is 0. The first-order valence-electron chi connectivity index (χ1n) is 2.93. The van der Waals surface area contributed by atoms with E-state index in [1.165, 1.54) is 0 Å². The summed E-state index contributed by atoms with van der Waals surface area (Å²) >= 11 is 0. The molecule has 0 aliphatic carbocycles. The summed E-state index contributed by atoms with van der Waals surface area (Å²) in [5, 5.41) is 0. The molecular formula is H8O13P4. The smallest absolute Gasteiger partial charge is 0.326 e. The van der Waals surface area contributed by atoms with Crippen LogP contribution < -0.4 is 0 Å². The molecule has 0 fully saturated rings. The minimum absolute atomic E-state index is 3.06. The first-order chi connectivity index (χ1) is 7.15. The zero-order valence-corrected chi connectivity index (χ0v) is 11.1. The average Bonchev–Trinajstić information content (AvgIpc) is 1.68. The molecule has 0 amide bonds. The van der Waals surface area contributed by atoms with Gasteiger partial charge in [-0.25, -0.2) is 13.7 Å². The van der Waals surface area contributed by atoms with Crippen LogP contribution in [0.5, 0.6) is 0 Å². The molecule has 106 valence electrons. The highest BCUT2D eigenvalue weighted by molar-refractivity contribution is 7.66. The average molecular weight is 340 g/mol. The molecule has 0 aliphatic heterocycles. The van der Waals surface area contributed by atoms with Crippen molar-refractivity contribution in [2.75, 3.05) is 0 Å². The summed E-state index contributed by atoms with van der Waals surface area (Å²) in [7, 11) is -19.3. The molecule has 0 radical (unpaired) electrons. The molecule has 0 spiro atoms. The van der Waals surface area contributed by atoms with E-state index in [1.54, 1.807) is 0 Å². The monoisotopic (exact) mass is 340 g/mol. The van der Waals surface area contributed by atoms with Gasteiger partial charge in [0, 0.05) is 0 Å². The second kappa shape index (κ2) is 7.22. The second-order valence-electron chi connectivity index (χ2n) is 1.90. The van der Waals surface area contributed by atoms with Crippen LogP contribution in [-0.4, -0.2) is 34.3 Å². The minimum atomic E-state index is -5.46. The molecule has 0 unspecified atom stereocenters. The molecule has 0 aromatic rings. The van der Waals surface area contributed by atoms with Gasteiger partial charge < -0.3 is 34.3 Å². The minimum Gasteiger partial charge on any atom is -0.326 e. The molecular weight excluding hydrogens is 332 g/mol. The molecule has 0 saturated heterocycles. The van der Waals surface area contributed by atoms with Gasteiger partial charge in [-0.05, 0) is 0 Å². The highest BCUT2D eigenvalue weighted by Crippen LogP contribution is 2.64. The molecule has 0 rings (SSSR count). The standard InChI is InChI=1S/H5O10P3.H3O3P/c1-11(2,3)9-13(7,8)10-12(4,5)6;1-4(2)3/h(H,7,8)(H2,1,2,3)(H2,4,5,6);4H,(H2,1,2,3). The molecule has 0 heterocycles. The van der Waals surface area contributed by atoms with Gasteiger partial charge in [0.15, 0.2) is 0 Å². The maximum atomic E-state index is 10.4. The summed E-state index contributed by atoms with van der Waals surface area (Å²) in [6, 6.07) is 0. The van der Waals surface area contributed by atoms with Gasteiger partial charge in [-0.15, -0.1) is 0 Å². The summed E-state index contributed by atoms with van der Waals surface area (Å²) in [5.74, 6) is 0. The van der Waals surface area contributed by atoms with Crippen molar-refractivity contribution in [3.05, 3.63) is 0 Å². The normalized spacial score (nSPS) is 13.2. The van der Waals surface area contributed by atoms with E-state index in [9.17, 15) is 13.7 Å². The van der Waals surface area contributed by atoms with E-state index in [0.29, 0.717) is 0 Å². The van der Waals surface area contributed by atoms with Crippen LogP contribution in [0.25, 0.3) is 0 Å². The van der Waals surface area contributed by atoms with Crippen LogP contribution in [0.1, 0.15) is 0 Å². The Balaban J connectivity index is 0. The van der Waals surface area contributed by atoms with Gasteiger partial charge in [-0.2, -0.15) is 8.62 Å². The van der Waals surface area contributed by atoms with E-state index in [2.05, 4.69) is 8.62 Å². The lowest BCUT2D eigenvalue weighted by molar-refractivity contribution is 0.204. The lowest BCUT2D eigenvalue weighted by atomic mass is 15.7. The third kappa shape index (κ3) is 22.3. The van der Waals surface area contributed by atoms with Gasteiger partial charge in [-0.3, -0.25) is 4.57 Å². The quantitative estimate of drug-likeness (QED) is 0.294. The van der Waals surface area contributed by atoms with E-state index in [4.69, 9.17) is 38.8 Å². The van der Waals surface area contributed by atoms with E-state index in [-0.39, 0.29) is 0 Å². The van der Waals surface area contributed by atoms with Crippen molar-refractivity contribution in [1.82, 2.24) is 0 Å². The maximum Gasteiger partial charge on any atom is 0.490 e. The molecule has 0 aliphatic rings. The van der Waals surface area contributed by atoms with Crippen LogP contribution in [0.2, 0.25) is 0 Å². The Morgan fingerprint density at radius 3 is 1.06 bits per heavy atom. The lowest BCUT2D eigenvalue weighted by Crippen LogP contribution is -1.91. The molecule has 0 aromatic carbocycles. The highest BCUT2D eigenvalue weighted by Gasteiger charge is 2.38. The summed E-state index contributed by atoms with van der Waals surface area (Å²) in [4.78, 5) is 54.5. The molecule has 0 bridgehead atoms. The molecule has 0 saturated carbocycles. The number of phosphoric acid groups is 3. The predicted octanol–water partition coefficient (Wildman–Crippen LogP) is -1.33. The van der Waals surface area contributed by atoms with Crippen molar-refractivity contribution in [3.8, 4) is 0 Å². The van der Waals surface area contributed by atoms with Gasteiger partial charge in [0.05, 0.1) is 0 Å². The Morgan fingerprint density at radius 1 is 0.765 bits per heavy atom. The number of hydrogen-bond donors (Lipinski definition) is 7. The lowest BCUT2D eigenvalue weighted by Gasteiger charge is -2.11. The van der Waals surface area contributed by atoms with Crippen LogP contribution >= 0.6 is 31.7 Å². The second-order valence-corrected chi connectivity index (χ2v) is 6.67. The Bertz CT molecular complexity index is 346. The molecule has 13 nitrogen and oxygen atoms in total. The first-order valence-corrected chi connectivity index (χ1v) is 8.79. The zero-order valence-electron chi connectivity index (χ0n) is 7.42. The van der Waals surface area contributed by atoms with E-state index in [1.807, 2.05) is 0 Å². The Morgan fingerprint density at radius 2 is 0.941 bits per heavy atom. The fourth-order valence-corrected chi connectivity index (χ4v) is 2.82. The Kier molecular flexibility index (Phi) is 8.45. The fourth-order valence-electron chi connectivity index (χ4n) is 0.284. The van der Waals surface area contributed by atoms with Crippen molar-refractivity contribution >= 4 is 31.7 Å². The van der Waals surface area contributed by atoms with E-state index >= 15 is 0 Å². The van der Waals surface area contributed by atoms with Crippen molar-refractivity contribution in [2.24, 2.45) is 0 Å². The van der Waals surface area contributed by atoms with E-state index < -0.39 is 31.7 Å². The molecule has 17 heavy (non-hydrogen) atoms. The summed E-state index contributed by atoms with van der Waals surface area (Å²) in [6.07, 6.45) is 0. The Hall–Kier alpha value is 0.560. The number of rotatable bonds is 4. The van der Waals surface area contributed by atoms with Crippen LogP contribution in [0, 0.1) is 0 Å². The first kappa shape index (κ1) is 19.9. The van der Waals surface area contributed by atoms with Crippen molar-refractivity contribution in [3.63, 3.8) is 0 Å². The summed E-state index contributed by atoms with van der Waals surface area (Å²) in [6.45, 7) is 0. The van der Waals surface area contributed by atoms with Crippen LogP contribution in [-0.2, 0) is 26.9 Å². The topological polar surface area (TPSA) is 228 Å². The van der Waals surface area contributed by atoms with Gasteiger partial charge in [0.25, 0.3) is 0 Å². The Labute approximate surface area is 93.7 Å². The van der Waals surface area contributed by atoms with Crippen LogP contribution in [0.3, 0.4) is 0 Å². The molecule has 0 aromatic heterocycles. The number of hydrogen-bond acceptors (Lipinski definition) is 6. The zero-order chi connectivity index (χ0) is 14.5. The predicted molar refractivity (Wildman–Crippen MR) is 49.5 cm³/mol. The molecule has 7 N–H and O–H groups in total. The highest BCUT2D eigenvalue weighted by atomic mass is 31.3. The van der Waals surface area contributed by atoms with Crippen LogP contribution in [0.15, 0.2) is 0 Å². The largest absolute Gasteiger partial charge is 0.490 e. The SMILES string of the molecule is O=P(O)(O)OP(=O)(O)OP(=O)(O)O.O=[PH](O)O. The van der Waals surface area contributed by atoms with Gasteiger partial charge in [0.2, 0.25) is 0 Å². The van der Waals surface area contributed by atoms with Crippen molar-refractivity contribution in [1.29, 1.82) is 0 Å². The van der Waals surface area contributed by atoms with Crippen molar-refractivity contribution < 1.29 is 61.1 Å². The third-order valence-corrected chi connectivity index (χ3v) is 3.77. The third-order valence-electron chi connectivity index (χ3n) is 0.419. The van der Waals surface area contributed by atoms with Gasteiger partial charge in [-0.1, -0.05) is 0 Å². The molecule has 17 heteroatoms. The van der Waals surface area contributed by atoms with Crippen molar-refractivity contribution in [2.45, 2.75) is 0 Å². The van der Waals surface area contributed by atoms with E-state index in [0.717, 1.165) is 0 Å². The maximum absolute atomic E-state index is 10.4. The summed E-state index contributed by atoms with van der Waals surface area (Å²) < 4.78 is 45.1. The fraction of sp³-hybridized carbons (Fsp3) is 0. The van der Waals surface area contributed by atoms with Gasteiger partial charge in [0.1, 0.15) is 0 Å². The van der Waals surface area contributed by atoms with Crippen LogP contribution in [0.4, 0.5) is 0 Å². The molecule has 0 atom stereocenters.